The number of rotatable bonds is 7. The molecule has 0 unspecified atom stereocenters. The van der Waals surface area contributed by atoms with Crippen molar-refractivity contribution in [2.75, 3.05) is 18.0 Å². The number of anilines is 1. The first-order chi connectivity index (χ1) is 20.6. The van der Waals surface area contributed by atoms with Gasteiger partial charge in [-0.05, 0) is 20.8 Å². The van der Waals surface area contributed by atoms with Crippen molar-refractivity contribution >= 4 is 42.0 Å². The van der Waals surface area contributed by atoms with Crippen molar-refractivity contribution in [1.82, 2.24) is 29.2 Å². The van der Waals surface area contributed by atoms with Gasteiger partial charge in [-0.2, -0.15) is 0 Å². The fraction of sp³-hybridized carbons (Fsp3) is 0.655. The summed E-state index contributed by atoms with van der Waals surface area (Å²) in [5.74, 6) is 0.122. The van der Waals surface area contributed by atoms with Crippen molar-refractivity contribution in [2.45, 2.75) is 114 Å². The Morgan fingerprint density at radius 3 is 2.34 bits per heavy atom. The van der Waals surface area contributed by atoms with Gasteiger partial charge in [0, 0.05) is 0 Å². The zero-order chi connectivity index (χ0) is 31.8. The number of hydrogen-bond acceptors (Lipinski definition) is 8. The summed E-state index contributed by atoms with van der Waals surface area (Å²) >= 11 is -0.820. The first kappa shape index (κ1) is 31.4. The number of ether oxygens (including phenoxy) is 1. The van der Waals surface area contributed by atoms with Gasteiger partial charge in [0.05, 0.1) is 0 Å². The minimum atomic E-state index is -3.94. The molecule has 1 saturated heterocycles. The van der Waals surface area contributed by atoms with E-state index < -0.39 is 48.2 Å². The number of amides is 1. The van der Waals surface area contributed by atoms with E-state index in [0.29, 0.717) is 34.7 Å². The van der Waals surface area contributed by atoms with E-state index in [9.17, 15) is 22.0 Å². The monoisotopic (exact) mass is 699 g/mol. The summed E-state index contributed by atoms with van der Waals surface area (Å²) in [7, 11) is -3.94. The Bertz CT molecular complexity index is 1680. The number of nitrogens with zero attached hydrogens (tertiary/aromatic N) is 6. The molecule has 0 spiro atoms. The fourth-order valence-corrected chi connectivity index (χ4v) is 9.02. The molecule has 2 atom stereocenters. The van der Waals surface area contributed by atoms with Crippen LogP contribution in [0.15, 0.2) is 17.2 Å². The number of halogens is 2. The predicted octanol–water partition coefficient (Wildman–Crippen LogP) is 4.72. The van der Waals surface area contributed by atoms with Crippen LogP contribution in [0.4, 0.5) is 19.3 Å². The Morgan fingerprint density at radius 2 is 1.82 bits per heavy atom. The zero-order valence-corrected chi connectivity index (χ0v) is 28.3. The molecule has 3 aromatic heterocycles. The quantitative estimate of drug-likeness (QED) is 0.352. The van der Waals surface area contributed by atoms with E-state index in [1.54, 1.807) is 21.6 Å². The van der Waals surface area contributed by atoms with E-state index in [1.165, 1.54) is 0 Å². The third kappa shape index (κ3) is 6.00. The van der Waals surface area contributed by atoms with Gasteiger partial charge < -0.3 is 0 Å². The van der Waals surface area contributed by atoms with Crippen molar-refractivity contribution in [3.8, 4) is 10.3 Å². The van der Waals surface area contributed by atoms with Crippen LogP contribution in [0, 0.1) is 0 Å². The number of nitrogens with one attached hydrogen (secondary N) is 1. The molecule has 15 heteroatoms. The maximum atomic E-state index is 13.8. The van der Waals surface area contributed by atoms with Gasteiger partial charge in [0.15, 0.2) is 0 Å². The number of alkyl halides is 2. The van der Waals surface area contributed by atoms with Crippen LogP contribution in [0.1, 0.15) is 96.3 Å². The zero-order valence-electron chi connectivity index (χ0n) is 25.8. The van der Waals surface area contributed by atoms with Gasteiger partial charge in [-0.1, -0.05) is 0 Å². The minimum absolute atomic E-state index is 0.0583. The number of pyridine rings is 1. The van der Waals surface area contributed by atoms with Crippen molar-refractivity contribution in [3.63, 3.8) is 0 Å². The average Bonchev–Trinajstić information content (AvgIpc) is 3.24. The van der Waals surface area contributed by atoms with Crippen LogP contribution in [0.25, 0.3) is 15.9 Å². The molecule has 1 aliphatic heterocycles. The number of hydrogen-bond donors (Lipinski definition) is 1. The van der Waals surface area contributed by atoms with Gasteiger partial charge in [0.1, 0.15) is 0 Å². The van der Waals surface area contributed by atoms with E-state index in [4.69, 9.17) is 9.72 Å². The third-order valence-electron chi connectivity index (χ3n) is 8.58. The van der Waals surface area contributed by atoms with Crippen LogP contribution in [0.5, 0.6) is 0 Å². The molecule has 11 nitrogen and oxygen atoms in total. The Kier molecular flexibility index (Phi) is 7.86. The molecule has 0 bridgehead atoms. The molecule has 2 saturated carbocycles. The molecule has 3 fully saturated rings. The summed E-state index contributed by atoms with van der Waals surface area (Å²) in [5.41, 5.74) is 1.30. The smallest absolute Gasteiger partial charge is 0.0253 e. The van der Waals surface area contributed by atoms with Gasteiger partial charge in [-0.15, -0.1) is 0 Å². The summed E-state index contributed by atoms with van der Waals surface area (Å²) < 4.78 is 65.2. The second-order valence-corrected chi connectivity index (χ2v) is 17.4. The van der Waals surface area contributed by atoms with E-state index in [1.807, 2.05) is 41.5 Å². The molecule has 0 aromatic carbocycles. The topological polar surface area (TPSA) is 122 Å². The summed E-state index contributed by atoms with van der Waals surface area (Å²) in [6.45, 7) is 12.1. The van der Waals surface area contributed by atoms with Gasteiger partial charge in [0.2, 0.25) is 0 Å². The van der Waals surface area contributed by atoms with Gasteiger partial charge in [-0.3, -0.25) is 0 Å². The summed E-state index contributed by atoms with van der Waals surface area (Å²) in [5, 5.41) is 7.96. The fourth-order valence-electron chi connectivity index (χ4n) is 5.96. The number of sulfonamides is 1. The predicted molar refractivity (Wildman–Crippen MR) is 162 cm³/mol. The van der Waals surface area contributed by atoms with Gasteiger partial charge in [0.25, 0.3) is 0 Å². The molecule has 4 heterocycles. The van der Waals surface area contributed by atoms with Crippen molar-refractivity contribution < 1.29 is 26.7 Å². The second kappa shape index (κ2) is 11.0. The molecule has 1 N–H and O–H groups in total. The van der Waals surface area contributed by atoms with Gasteiger partial charge >= 0.3 is 242 Å². The molecule has 0 radical (unpaired) electrons. The SMILES string of the molecule is C[C@H]1CN(c2cc(S(=O)(=O)NC3(C)CC3)cn3c(-c4nnc(C(F)F)[se]4)c(C4CCC4)nc23)C[C@H](C)N1C(=O)OC(C)(C)C. The molecule has 2 aliphatic carbocycles. The number of carbonyl (C=O) groups excluding carboxylic acids is 1. The van der Waals surface area contributed by atoms with E-state index in [-0.39, 0.29) is 27.5 Å². The Labute approximate surface area is 262 Å². The minimum Gasteiger partial charge on any atom is -0.0253 e. The van der Waals surface area contributed by atoms with Crippen molar-refractivity contribution in [3.05, 3.63) is 22.5 Å². The van der Waals surface area contributed by atoms with Crippen molar-refractivity contribution in [1.29, 1.82) is 0 Å². The third-order valence-corrected chi connectivity index (χ3v) is 12.2. The molecular formula is C29H39F2N7O4SSe. The maximum absolute atomic E-state index is 13.8. The molecule has 44 heavy (non-hydrogen) atoms. The Hall–Kier alpha value is -2.61. The van der Waals surface area contributed by atoms with Crippen LogP contribution in [-0.2, 0) is 14.8 Å². The van der Waals surface area contributed by atoms with Crippen LogP contribution < -0.4 is 9.62 Å². The molecule has 3 aliphatic rings. The first-order valence-electron chi connectivity index (χ1n) is 15.0. The number of fused-ring (bicyclic) bond motifs is 1. The van der Waals surface area contributed by atoms with Crippen LogP contribution in [-0.4, -0.2) is 89.8 Å². The standard InChI is InChI=1S/C29H39F2N7O4SSe/c1-16-13-36(14-17(2)38(16)27(39)42-28(3,4)5)20-12-19(43(40,41)35-29(6)10-11-29)15-37-22(25-33-34-26(44-25)23(30)31)21(32-24(20)37)18-8-7-9-18/h12,15-18,23,35H,7-11,13-14H2,1-6H3/t16-,17-/m0/s1. The van der Waals surface area contributed by atoms with Crippen molar-refractivity contribution in [2.24, 2.45) is 0 Å². The van der Waals surface area contributed by atoms with E-state index >= 15 is 0 Å². The molecule has 240 valence electrons. The second-order valence-electron chi connectivity index (χ2n) is 13.6. The average molecular weight is 699 g/mol. The number of carbonyl (C=O) groups is 1. The van der Waals surface area contributed by atoms with Crippen LogP contribution in [0.3, 0.4) is 0 Å². The summed E-state index contributed by atoms with van der Waals surface area (Å²) in [6, 6.07) is 1.15. The summed E-state index contributed by atoms with van der Waals surface area (Å²) in [6.07, 6.45) is 2.78. The van der Waals surface area contributed by atoms with Crippen LogP contribution >= 0.6 is 0 Å². The van der Waals surface area contributed by atoms with E-state index in [0.717, 1.165) is 37.8 Å². The normalized spacial score (nSPS) is 22.5. The molecule has 6 rings (SSSR count). The summed E-state index contributed by atoms with van der Waals surface area (Å²) in [4.78, 5) is 22.0. The number of piperazine rings is 1. The number of imidazole rings is 1. The van der Waals surface area contributed by atoms with E-state index in [2.05, 4.69) is 19.8 Å². The Balaban J connectivity index is 1.49. The number of aromatic nitrogens is 4. The molecular weight excluding hydrogens is 659 g/mol. The molecule has 3 aromatic rings. The Morgan fingerprint density at radius 1 is 1.16 bits per heavy atom. The van der Waals surface area contributed by atoms with Gasteiger partial charge in [-0.25, -0.2) is 0 Å². The first-order valence-corrected chi connectivity index (χ1v) is 18.2. The van der Waals surface area contributed by atoms with Crippen LogP contribution in [0.2, 0.25) is 0 Å². The molecule has 1 amide bonds.